The third-order valence-electron chi connectivity index (χ3n) is 10.9. The summed E-state index contributed by atoms with van der Waals surface area (Å²) >= 11 is 0. The molecule has 0 aliphatic heterocycles. The molecule has 0 atom stereocenters. The molecule has 0 spiro atoms. The van der Waals surface area contributed by atoms with Crippen LogP contribution in [0.5, 0.6) is 0 Å². The number of benzene rings is 8. The summed E-state index contributed by atoms with van der Waals surface area (Å²) in [5.74, 6) is 1.80. The molecule has 10 aromatic rings. The van der Waals surface area contributed by atoms with Crippen LogP contribution < -0.4 is 0 Å². The molecule has 0 saturated carbocycles. The quantitative estimate of drug-likeness (QED) is 0.184. The molecule has 0 unspecified atom stereocenters. The van der Waals surface area contributed by atoms with E-state index in [2.05, 4.69) is 180 Å². The Balaban J connectivity index is 1.31. The molecule has 8 aromatic carbocycles. The molecular weight excluding hydrogens is 669 g/mol. The molecule has 1 aliphatic rings. The Morgan fingerprint density at radius 2 is 0.691 bits per heavy atom. The second-order valence-electron chi connectivity index (χ2n) is 13.9. The van der Waals surface area contributed by atoms with Gasteiger partial charge in [-0.25, -0.2) is 4.98 Å². The normalized spacial score (nSPS) is 11.6. The van der Waals surface area contributed by atoms with Gasteiger partial charge >= 0.3 is 0 Å². The van der Waals surface area contributed by atoms with Crippen LogP contribution in [0, 0.1) is 0 Å². The summed E-state index contributed by atoms with van der Waals surface area (Å²) in [7, 11) is 0. The van der Waals surface area contributed by atoms with Crippen LogP contribution in [-0.2, 0) is 0 Å². The Morgan fingerprint density at radius 3 is 1.27 bits per heavy atom. The van der Waals surface area contributed by atoms with Crippen LogP contribution >= 0.6 is 0 Å². The van der Waals surface area contributed by atoms with Gasteiger partial charge < -0.3 is 0 Å². The maximum absolute atomic E-state index is 5.53. The first-order valence-electron chi connectivity index (χ1n) is 18.6. The van der Waals surface area contributed by atoms with Crippen LogP contribution in [0.25, 0.3) is 106 Å². The second-order valence-corrected chi connectivity index (χ2v) is 13.9. The van der Waals surface area contributed by atoms with Crippen LogP contribution in [0.1, 0.15) is 0 Å². The third-order valence-corrected chi connectivity index (χ3v) is 10.9. The first-order chi connectivity index (χ1) is 27.3. The Bertz CT molecular complexity index is 3030. The van der Waals surface area contributed by atoms with E-state index in [1.54, 1.807) is 0 Å². The molecule has 4 nitrogen and oxygen atoms in total. The van der Waals surface area contributed by atoms with Crippen molar-refractivity contribution in [3.05, 3.63) is 194 Å². The van der Waals surface area contributed by atoms with Gasteiger partial charge in [0.2, 0.25) is 5.95 Å². The summed E-state index contributed by atoms with van der Waals surface area (Å²) in [6, 6.07) is 68.7. The third kappa shape index (κ3) is 4.96. The molecule has 11 rings (SSSR count). The molecule has 0 saturated heterocycles. The van der Waals surface area contributed by atoms with Gasteiger partial charge in [0.15, 0.2) is 11.6 Å². The van der Waals surface area contributed by atoms with Gasteiger partial charge in [-0.2, -0.15) is 9.97 Å². The zero-order chi connectivity index (χ0) is 36.3. The molecule has 2 aromatic heterocycles. The van der Waals surface area contributed by atoms with E-state index in [4.69, 9.17) is 15.0 Å². The van der Waals surface area contributed by atoms with Gasteiger partial charge in [0.05, 0.1) is 11.0 Å². The Hall–Kier alpha value is -7.43. The number of hydrogen-bond acceptors (Lipinski definition) is 3. The number of hydrogen-bond donors (Lipinski definition) is 0. The highest BCUT2D eigenvalue weighted by Crippen LogP contribution is 2.52. The highest BCUT2D eigenvalue weighted by molar-refractivity contribution is 6.10. The van der Waals surface area contributed by atoms with E-state index < -0.39 is 0 Å². The molecule has 0 fully saturated rings. The highest BCUT2D eigenvalue weighted by Gasteiger charge is 2.28. The fourth-order valence-electron chi connectivity index (χ4n) is 8.47. The van der Waals surface area contributed by atoms with Crippen molar-refractivity contribution < 1.29 is 0 Å². The van der Waals surface area contributed by atoms with Crippen molar-refractivity contribution >= 4 is 21.8 Å². The Labute approximate surface area is 318 Å². The smallest absolute Gasteiger partial charge is 0.238 e. The lowest BCUT2D eigenvalue weighted by Crippen LogP contribution is -2.08. The first kappa shape index (κ1) is 31.1. The first-order valence-corrected chi connectivity index (χ1v) is 18.6. The minimum absolute atomic E-state index is 0.572. The molecule has 0 radical (unpaired) electrons. The van der Waals surface area contributed by atoms with Crippen molar-refractivity contribution in [3.63, 3.8) is 0 Å². The summed E-state index contributed by atoms with van der Waals surface area (Å²) < 4.78 is 2.19. The van der Waals surface area contributed by atoms with Gasteiger partial charge in [-0.05, 0) is 62.2 Å². The second kappa shape index (κ2) is 12.6. The van der Waals surface area contributed by atoms with Crippen molar-refractivity contribution in [2.24, 2.45) is 0 Å². The molecule has 0 N–H and O–H groups in total. The molecule has 55 heavy (non-hydrogen) atoms. The number of para-hydroxylation sites is 2. The summed E-state index contributed by atoms with van der Waals surface area (Å²) in [5.41, 5.74) is 15.4. The average Bonchev–Trinajstić information content (AvgIpc) is 3.60. The Morgan fingerprint density at radius 1 is 0.273 bits per heavy atom. The summed E-state index contributed by atoms with van der Waals surface area (Å²) in [4.78, 5) is 16.2. The summed E-state index contributed by atoms with van der Waals surface area (Å²) in [6.07, 6.45) is 0. The van der Waals surface area contributed by atoms with E-state index in [0.717, 1.165) is 60.8 Å². The number of nitrogens with zero attached hydrogens (tertiary/aromatic N) is 4. The van der Waals surface area contributed by atoms with Gasteiger partial charge in [0, 0.05) is 27.5 Å². The van der Waals surface area contributed by atoms with Gasteiger partial charge in [-0.15, -0.1) is 0 Å². The lowest BCUT2D eigenvalue weighted by Gasteiger charge is -2.26. The average molecular weight is 701 g/mol. The molecular formula is C51H32N4. The topological polar surface area (TPSA) is 43.6 Å². The van der Waals surface area contributed by atoms with Crippen molar-refractivity contribution in [3.8, 4) is 84.4 Å². The molecule has 2 heterocycles. The molecule has 4 heteroatoms. The fraction of sp³-hybridized carbons (Fsp3) is 0. The highest BCUT2D eigenvalue weighted by atomic mass is 15.2. The van der Waals surface area contributed by atoms with Crippen LogP contribution in [0.2, 0.25) is 0 Å². The zero-order valence-electron chi connectivity index (χ0n) is 29.8. The van der Waals surface area contributed by atoms with Crippen molar-refractivity contribution in [2.75, 3.05) is 0 Å². The monoisotopic (exact) mass is 700 g/mol. The van der Waals surface area contributed by atoms with E-state index in [0.29, 0.717) is 17.6 Å². The van der Waals surface area contributed by atoms with Gasteiger partial charge in [-0.3, -0.25) is 4.57 Å². The maximum Gasteiger partial charge on any atom is 0.238 e. The standard InChI is InChI=1S/C51H32N4/c1-3-17-33(18-4-1)35-31-32-44-40-25-10-9-23-38(40)36-21-7-8-22-37(36)39-24-11-12-28-43(39)47(44)48(35)50-52-49(34-19-5-2-6-20-34)53-51(54-50)55-45-29-15-13-26-41(45)42-27-14-16-30-46(42)55/h1-32H. The van der Waals surface area contributed by atoms with Crippen molar-refractivity contribution in [2.45, 2.75) is 0 Å². The SMILES string of the molecule is c1ccc(-c2nc(-c3c(-c4ccccc4)ccc4c3-c3ccccc3-c3ccccc3-c3ccccc3-4)nc(-n3c4ccccc4c4ccccc43)n2)cc1. The molecule has 1 aliphatic carbocycles. The van der Waals surface area contributed by atoms with Crippen LogP contribution in [0.15, 0.2) is 194 Å². The Kier molecular flexibility index (Phi) is 7.14. The van der Waals surface area contributed by atoms with Gasteiger partial charge in [0.1, 0.15) is 0 Å². The van der Waals surface area contributed by atoms with Crippen LogP contribution in [0.4, 0.5) is 0 Å². The predicted octanol–water partition coefficient (Wildman–Crippen LogP) is 13.0. The van der Waals surface area contributed by atoms with E-state index in [1.165, 1.54) is 27.8 Å². The number of rotatable bonds is 4. The van der Waals surface area contributed by atoms with Crippen LogP contribution in [0.3, 0.4) is 0 Å². The molecule has 256 valence electrons. The van der Waals surface area contributed by atoms with E-state index in [1.807, 2.05) is 18.2 Å². The summed E-state index contributed by atoms with van der Waals surface area (Å²) in [6.45, 7) is 0. The number of fused-ring (bicyclic) bond motifs is 11. The minimum Gasteiger partial charge on any atom is -0.278 e. The van der Waals surface area contributed by atoms with Crippen molar-refractivity contribution in [1.82, 2.24) is 19.5 Å². The molecule has 0 amide bonds. The van der Waals surface area contributed by atoms with E-state index >= 15 is 0 Å². The maximum atomic E-state index is 5.53. The largest absolute Gasteiger partial charge is 0.278 e. The predicted molar refractivity (Wildman–Crippen MR) is 226 cm³/mol. The van der Waals surface area contributed by atoms with Gasteiger partial charge in [-0.1, -0.05) is 182 Å². The summed E-state index contributed by atoms with van der Waals surface area (Å²) in [5, 5.41) is 2.31. The fourth-order valence-corrected chi connectivity index (χ4v) is 8.47. The number of aromatic nitrogens is 4. The van der Waals surface area contributed by atoms with E-state index in [-0.39, 0.29) is 0 Å². The minimum atomic E-state index is 0.572. The lowest BCUT2D eigenvalue weighted by molar-refractivity contribution is 0.954. The zero-order valence-corrected chi connectivity index (χ0v) is 29.8. The molecule has 0 bridgehead atoms. The van der Waals surface area contributed by atoms with Crippen molar-refractivity contribution in [1.29, 1.82) is 0 Å². The van der Waals surface area contributed by atoms with E-state index in [9.17, 15) is 0 Å². The van der Waals surface area contributed by atoms with Gasteiger partial charge in [0.25, 0.3) is 0 Å². The lowest BCUT2D eigenvalue weighted by atomic mass is 9.77. The van der Waals surface area contributed by atoms with Crippen LogP contribution in [-0.4, -0.2) is 19.5 Å².